The molecule has 1 unspecified atom stereocenters. The van der Waals surface area contributed by atoms with E-state index < -0.39 is 11.6 Å². The van der Waals surface area contributed by atoms with Crippen LogP contribution in [0.3, 0.4) is 0 Å². The zero-order chi connectivity index (χ0) is 27.5. The summed E-state index contributed by atoms with van der Waals surface area (Å²) in [5.74, 6) is 1.77. The lowest BCUT2D eigenvalue weighted by Crippen LogP contribution is -2.38. The van der Waals surface area contributed by atoms with Crippen LogP contribution >= 0.6 is 0 Å². The van der Waals surface area contributed by atoms with Gasteiger partial charge in [-0.15, -0.1) is 0 Å². The number of benzene rings is 1. The number of carbonyl (C=O) groups is 1. The standard InChI is InChI=1S/C21H35N7O2.C6H4F2/c1-15(2)20(23)26-21(29)27-8-5-16(6-9-27)4-3-11-30-19-12-18(24-14-25-19)28-10-7-17(22)13-28;7-5-1-2-6(8)4-3-5/h12,14-17H,3-11,13,22H2,1-2H3,(H2,23,26,29);1-4H. The molecule has 38 heavy (non-hydrogen) atoms. The zero-order valence-electron chi connectivity index (χ0n) is 22.2. The van der Waals surface area contributed by atoms with Crippen molar-refractivity contribution in [3.8, 4) is 5.88 Å². The molecule has 2 fully saturated rings. The molecule has 1 atom stereocenters. The first-order valence-corrected chi connectivity index (χ1v) is 13.2. The lowest BCUT2D eigenvalue weighted by Gasteiger charge is -2.30. The van der Waals surface area contributed by atoms with Crippen LogP contribution in [0.5, 0.6) is 5.88 Å². The molecule has 2 aliphatic heterocycles. The lowest BCUT2D eigenvalue weighted by atomic mass is 9.92. The van der Waals surface area contributed by atoms with Crippen LogP contribution < -0.4 is 21.1 Å². The Hall–Kier alpha value is -3.34. The Morgan fingerprint density at radius 2 is 1.76 bits per heavy atom. The molecule has 1 aromatic carbocycles. The Morgan fingerprint density at radius 3 is 2.34 bits per heavy atom. The molecule has 0 radical (unpaired) electrons. The van der Waals surface area contributed by atoms with Crippen molar-refractivity contribution in [2.45, 2.75) is 52.0 Å². The molecule has 4 rings (SSSR count). The monoisotopic (exact) mass is 531 g/mol. The van der Waals surface area contributed by atoms with Gasteiger partial charge >= 0.3 is 6.03 Å². The first-order valence-electron chi connectivity index (χ1n) is 13.2. The van der Waals surface area contributed by atoms with Crippen molar-refractivity contribution in [3.05, 3.63) is 48.3 Å². The number of urea groups is 1. The third kappa shape index (κ3) is 9.51. The molecule has 0 saturated carbocycles. The molecule has 0 aliphatic carbocycles. The van der Waals surface area contributed by atoms with E-state index in [4.69, 9.17) is 16.2 Å². The van der Waals surface area contributed by atoms with E-state index in [1.54, 1.807) is 11.2 Å². The van der Waals surface area contributed by atoms with Crippen molar-refractivity contribution in [3.63, 3.8) is 0 Å². The van der Waals surface area contributed by atoms with Crippen LogP contribution in [0.25, 0.3) is 0 Å². The highest BCUT2D eigenvalue weighted by Gasteiger charge is 2.23. The third-order valence-electron chi connectivity index (χ3n) is 6.69. The molecular formula is C27H39F2N7O2. The van der Waals surface area contributed by atoms with Crippen LogP contribution in [-0.4, -0.2) is 65.6 Å². The van der Waals surface area contributed by atoms with Crippen LogP contribution in [0.1, 0.15) is 46.0 Å². The van der Waals surface area contributed by atoms with E-state index in [-0.39, 0.29) is 18.0 Å². The van der Waals surface area contributed by atoms with Gasteiger partial charge in [-0.2, -0.15) is 4.99 Å². The summed E-state index contributed by atoms with van der Waals surface area (Å²) < 4.78 is 29.7. The molecule has 2 aliphatic rings. The lowest BCUT2D eigenvalue weighted by molar-refractivity contribution is 0.172. The highest BCUT2D eigenvalue weighted by molar-refractivity contribution is 5.93. The van der Waals surface area contributed by atoms with Crippen LogP contribution in [0.2, 0.25) is 0 Å². The van der Waals surface area contributed by atoms with E-state index >= 15 is 0 Å². The van der Waals surface area contributed by atoms with Crippen molar-refractivity contribution in [1.29, 1.82) is 0 Å². The van der Waals surface area contributed by atoms with Crippen LogP contribution in [0.15, 0.2) is 41.7 Å². The average molecular weight is 532 g/mol. The summed E-state index contributed by atoms with van der Waals surface area (Å²) in [6.07, 6.45) is 6.58. The van der Waals surface area contributed by atoms with Gasteiger partial charge in [0.05, 0.1) is 6.61 Å². The summed E-state index contributed by atoms with van der Waals surface area (Å²) in [6.45, 7) is 7.74. The van der Waals surface area contributed by atoms with E-state index in [0.717, 1.165) is 88.4 Å². The molecule has 4 N–H and O–H groups in total. The van der Waals surface area contributed by atoms with Gasteiger partial charge in [0.1, 0.15) is 29.6 Å². The number of ether oxygens (including phenoxy) is 1. The minimum atomic E-state index is -0.411. The molecule has 2 saturated heterocycles. The van der Waals surface area contributed by atoms with Crippen LogP contribution in [0, 0.1) is 23.5 Å². The molecule has 9 nitrogen and oxygen atoms in total. The Kier molecular flexibility index (Phi) is 11.2. The number of carbonyl (C=O) groups excluding carboxylic acids is 1. The Balaban J connectivity index is 0.000000427. The fraction of sp³-hybridized carbons (Fsp3) is 0.556. The number of amides is 2. The maximum absolute atomic E-state index is 12.2. The molecule has 3 heterocycles. The summed E-state index contributed by atoms with van der Waals surface area (Å²) in [4.78, 5) is 28.7. The zero-order valence-corrected chi connectivity index (χ0v) is 22.2. The second kappa shape index (κ2) is 14.6. The van der Waals surface area contributed by atoms with Gasteiger partial charge in [-0.25, -0.2) is 23.5 Å². The number of nitrogens with zero attached hydrogens (tertiary/aromatic N) is 5. The number of likely N-dealkylation sites (tertiary alicyclic amines) is 1. The molecule has 208 valence electrons. The quantitative estimate of drug-likeness (QED) is 0.315. The second-order valence-electron chi connectivity index (χ2n) is 10.0. The van der Waals surface area contributed by atoms with E-state index in [1.807, 2.05) is 19.9 Å². The molecule has 11 heteroatoms. The van der Waals surface area contributed by atoms with Crippen molar-refractivity contribution in [2.24, 2.45) is 28.3 Å². The third-order valence-corrected chi connectivity index (χ3v) is 6.69. The van der Waals surface area contributed by atoms with Gasteiger partial charge < -0.3 is 26.0 Å². The highest BCUT2D eigenvalue weighted by Crippen LogP contribution is 2.23. The molecule has 2 amide bonds. The number of rotatable bonds is 7. The average Bonchev–Trinajstić information content (AvgIpc) is 3.35. The van der Waals surface area contributed by atoms with Gasteiger partial charge in [0.25, 0.3) is 0 Å². The van der Waals surface area contributed by atoms with E-state index in [2.05, 4.69) is 19.9 Å². The normalized spacial score (nSPS) is 18.4. The maximum atomic E-state index is 12.2. The minimum Gasteiger partial charge on any atom is -0.478 e. The predicted molar refractivity (Wildman–Crippen MR) is 144 cm³/mol. The van der Waals surface area contributed by atoms with Crippen molar-refractivity contribution < 1.29 is 18.3 Å². The molecule has 0 bridgehead atoms. The molecule has 1 aromatic heterocycles. The first-order chi connectivity index (χ1) is 18.2. The number of aliphatic imine (C=N–C) groups is 1. The van der Waals surface area contributed by atoms with Gasteiger partial charge in [-0.1, -0.05) is 13.8 Å². The van der Waals surface area contributed by atoms with Gasteiger partial charge in [-0.3, -0.25) is 0 Å². The highest BCUT2D eigenvalue weighted by atomic mass is 19.1. The topological polar surface area (TPSA) is 123 Å². The Morgan fingerprint density at radius 1 is 1.11 bits per heavy atom. The van der Waals surface area contributed by atoms with E-state index in [9.17, 15) is 13.6 Å². The summed E-state index contributed by atoms with van der Waals surface area (Å²) in [5, 5.41) is 0. The fourth-order valence-electron chi connectivity index (χ4n) is 4.28. The Labute approximate surface area is 223 Å². The fourth-order valence-corrected chi connectivity index (χ4v) is 4.28. The van der Waals surface area contributed by atoms with Crippen molar-refractivity contribution >= 4 is 17.7 Å². The summed E-state index contributed by atoms with van der Waals surface area (Å²) in [7, 11) is 0. The number of anilines is 1. The predicted octanol–water partition coefficient (Wildman–Crippen LogP) is 3.98. The molecule has 2 aromatic rings. The van der Waals surface area contributed by atoms with Crippen molar-refractivity contribution in [2.75, 3.05) is 37.7 Å². The van der Waals surface area contributed by atoms with Crippen LogP contribution in [-0.2, 0) is 0 Å². The summed E-state index contributed by atoms with van der Waals surface area (Å²) >= 11 is 0. The van der Waals surface area contributed by atoms with Crippen LogP contribution in [0.4, 0.5) is 19.4 Å². The van der Waals surface area contributed by atoms with Crippen molar-refractivity contribution in [1.82, 2.24) is 14.9 Å². The largest absolute Gasteiger partial charge is 0.478 e. The van der Waals surface area contributed by atoms with E-state index in [0.29, 0.717) is 24.2 Å². The van der Waals surface area contributed by atoms with Gasteiger partial charge in [0, 0.05) is 44.2 Å². The number of amidine groups is 1. The Bertz CT molecular complexity index is 1020. The number of halogens is 2. The number of hydrogen-bond donors (Lipinski definition) is 2. The van der Waals surface area contributed by atoms with Gasteiger partial charge in [-0.05, 0) is 62.3 Å². The van der Waals surface area contributed by atoms with Gasteiger partial charge in [0.2, 0.25) is 5.88 Å². The maximum Gasteiger partial charge on any atom is 0.345 e. The molecular weight excluding hydrogens is 492 g/mol. The number of piperidine rings is 1. The minimum absolute atomic E-state index is 0.0883. The van der Waals surface area contributed by atoms with Gasteiger partial charge in [0.15, 0.2) is 0 Å². The summed E-state index contributed by atoms with van der Waals surface area (Å²) in [6, 6.07) is 6.22. The summed E-state index contributed by atoms with van der Waals surface area (Å²) in [5.41, 5.74) is 11.8. The molecule has 0 spiro atoms. The second-order valence-corrected chi connectivity index (χ2v) is 10.0. The van der Waals surface area contributed by atoms with E-state index in [1.165, 1.54) is 0 Å². The number of aromatic nitrogens is 2. The number of nitrogens with two attached hydrogens (primary N) is 2. The number of hydrogen-bond acceptors (Lipinski definition) is 6. The smallest absolute Gasteiger partial charge is 0.345 e. The SMILES string of the molecule is CC(C)/C(N)=N/C(=O)N1CCC(CCCOc2cc(N3CCC(N)C3)ncn2)CC1.Fc1ccc(F)cc1. The first kappa shape index (κ1) is 29.2.